The van der Waals surface area contributed by atoms with Gasteiger partial charge in [0.2, 0.25) is 0 Å². The van der Waals surface area contributed by atoms with Crippen molar-refractivity contribution < 1.29 is 4.58 Å². The second kappa shape index (κ2) is 6.10. The fourth-order valence-corrected chi connectivity index (χ4v) is 1.25. The van der Waals surface area contributed by atoms with E-state index in [0.717, 1.165) is 30.3 Å². The van der Waals surface area contributed by atoms with Gasteiger partial charge in [-0.25, -0.2) is 4.58 Å². The highest BCUT2D eigenvalue weighted by molar-refractivity contribution is 8.23. The normalized spacial score (nSPS) is 9.60. The Hall–Kier alpha value is 0.370. The summed E-state index contributed by atoms with van der Waals surface area (Å²) in [6.45, 7) is 6.45. The van der Waals surface area contributed by atoms with Crippen LogP contribution in [0, 0.1) is 0 Å². The maximum atomic E-state index is 4.17. The van der Waals surface area contributed by atoms with E-state index in [1.165, 1.54) is 0 Å². The van der Waals surface area contributed by atoms with Gasteiger partial charge < -0.3 is 0 Å². The summed E-state index contributed by atoms with van der Waals surface area (Å²) in [5, 5.41) is 0. The Kier molecular flexibility index (Phi) is 6.33. The minimum absolute atomic E-state index is 0.837. The van der Waals surface area contributed by atoms with Crippen LogP contribution in [0.3, 0.4) is 0 Å². The second-order valence-electron chi connectivity index (χ2n) is 2.29. The minimum atomic E-state index is 0.837. The van der Waals surface area contributed by atoms with Gasteiger partial charge in [0.15, 0.2) is 0 Å². The minimum Gasteiger partial charge on any atom is -0.219 e. The van der Waals surface area contributed by atoms with Crippen molar-refractivity contribution in [3.05, 3.63) is 0 Å². The van der Waals surface area contributed by atoms with Crippen molar-refractivity contribution in [3.63, 3.8) is 0 Å². The molecule has 0 aliphatic heterocycles. The molecular weight excluding hydrogens is 162 g/mol. The molecule has 60 valence electrons. The van der Waals surface area contributed by atoms with Crippen LogP contribution in [0.2, 0.25) is 0 Å². The van der Waals surface area contributed by atoms with Gasteiger partial charge in [-0.15, -0.1) is 0 Å². The number of rotatable bonds is 4. The molecule has 1 nitrogen and oxygen atoms in total. The third kappa shape index (κ3) is 4.23. The SMILES string of the molecule is CCC[N+](CCC)=C(S)S. The summed E-state index contributed by atoms with van der Waals surface area (Å²) < 4.78 is 3.01. The standard InChI is InChI=1S/C7H15NS2/c1-3-5-8(6-4-2)7(9)10/h3-6H2,1-2H3,(H,9,10)/p+1. The topological polar surface area (TPSA) is 3.01 Å². The first-order valence-electron chi connectivity index (χ1n) is 3.72. The lowest BCUT2D eigenvalue weighted by Gasteiger charge is -1.99. The van der Waals surface area contributed by atoms with Gasteiger partial charge in [0, 0.05) is 12.8 Å². The molecule has 0 spiro atoms. The molecule has 0 aromatic carbocycles. The number of nitrogens with zero attached hydrogens (tertiary/aromatic N) is 1. The molecular formula is C7H16NS2+. The van der Waals surface area contributed by atoms with E-state index >= 15 is 0 Å². The van der Waals surface area contributed by atoms with E-state index in [9.17, 15) is 0 Å². The smallest absolute Gasteiger partial charge is 0.219 e. The summed E-state index contributed by atoms with van der Waals surface area (Å²) in [5.74, 6) is 0. The molecule has 0 N–H and O–H groups in total. The maximum absolute atomic E-state index is 4.17. The zero-order chi connectivity index (χ0) is 7.98. The fourth-order valence-electron chi connectivity index (χ4n) is 0.852. The monoisotopic (exact) mass is 178 g/mol. The molecule has 0 bridgehead atoms. The van der Waals surface area contributed by atoms with Crippen molar-refractivity contribution in [3.8, 4) is 0 Å². The Morgan fingerprint density at radius 1 is 1.10 bits per heavy atom. The van der Waals surface area contributed by atoms with Crippen LogP contribution in [0.1, 0.15) is 26.7 Å². The first-order chi connectivity index (χ1) is 4.72. The Bertz CT molecular complexity index is 109. The van der Waals surface area contributed by atoms with Gasteiger partial charge >= 0.3 is 0 Å². The van der Waals surface area contributed by atoms with E-state index in [2.05, 4.69) is 43.7 Å². The van der Waals surface area contributed by atoms with Crippen molar-refractivity contribution in [1.82, 2.24) is 0 Å². The Balaban J connectivity index is 3.86. The average Bonchev–Trinajstić information content (AvgIpc) is 1.87. The Morgan fingerprint density at radius 2 is 1.50 bits per heavy atom. The number of thiol groups is 2. The van der Waals surface area contributed by atoms with Crippen molar-refractivity contribution in [2.24, 2.45) is 0 Å². The lowest BCUT2D eigenvalue weighted by molar-refractivity contribution is -0.522. The molecule has 0 aliphatic carbocycles. The van der Waals surface area contributed by atoms with Crippen LogP contribution >= 0.6 is 25.3 Å². The van der Waals surface area contributed by atoms with Crippen LogP contribution in [0.4, 0.5) is 0 Å². The van der Waals surface area contributed by atoms with Crippen LogP contribution in [0.15, 0.2) is 0 Å². The van der Waals surface area contributed by atoms with Gasteiger partial charge in [-0.2, -0.15) is 0 Å². The number of hydrogen-bond acceptors (Lipinski definition) is 0. The van der Waals surface area contributed by atoms with E-state index in [1.54, 1.807) is 0 Å². The highest BCUT2D eigenvalue weighted by atomic mass is 32.2. The summed E-state index contributed by atoms with van der Waals surface area (Å²) in [4.78, 5) is 0. The molecule has 10 heavy (non-hydrogen) atoms. The van der Waals surface area contributed by atoms with Crippen molar-refractivity contribution in [2.45, 2.75) is 26.7 Å². The summed E-state index contributed by atoms with van der Waals surface area (Å²) in [6.07, 6.45) is 2.31. The van der Waals surface area contributed by atoms with E-state index < -0.39 is 0 Å². The lowest BCUT2D eigenvalue weighted by atomic mass is 10.4. The Morgan fingerprint density at radius 3 is 1.70 bits per heavy atom. The van der Waals surface area contributed by atoms with E-state index in [-0.39, 0.29) is 0 Å². The lowest BCUT2D eigenvalue weighted by Crippen LogP contribution is -2.16. The van der Waals surface area contributed by atoms with Crippen LogP contribution in [0.25, 0.3) is 0 Å². The molecule has 0 saturated carbocycles. The molecule has 0 amide bonds. The summed E-state index contributed by atoms with van der Waals surface area (Å²) >= 11 is 8.34. The largest absolute Gasteiger partial charge is 0.263 e. The summed E-state index contributed by atoms with van der Waals surface area (Å²) in [7, 11) is 0. The van der Waals surface area contributed by atoms with Crippen LogP contribution in [-0.4, -0.2) is 22.0 Å². The quantitative estimate of drug-likeness (QED) is 0.281. The van der Waals surface area contributed by atoms with E-state index in [1.807, 2.05) is 0 Å². The van der Waals surface area contributed by atoms with Gasteiger partial charge in [0.05, 0.1) is 0 Å². The molecule has 0 radical (unpaired) electrons. The zero-order valence-electron chi connectivity index (χ0n) is 6.67. The summed E-state index contributed by atoms with van der Waals surface area (Å²) in [6, 6.07) is 0. The van der Waals surface area contributed by atoms with Gasteiger partial charge in [-0.3, -0.25) is 0 Å². The molecule has 0 aliphatic rings. The van der Waals surface area contributed by atoms with Crippen LogP contribution < -0.4 is 0 Å². The van der Waals surface area contributed by atoms with Gasteiger partial charge in [0.25, 0.3) is 4.38 Å². The highest BCUT2D eigenvalue weighted by Crippen LogP contribution is 1.94. The van der Waals surface area contributed by atoms with Crippen LogP contribution in [0.5, 0.6) is 0 Å². The molecule has 0 unspecified atom stereocenters. The highest BCUT2D eigenvalue weighted by Gasteiger charge is 2.03. The van der Waals surface area contributed by atoms with Crippen molar-refractivity contribution in [1.29, 1.82) is 0 Å². The molecule has 0 heterocycles. The van der Waals surface area contributed by atoms with E-state index in [4.69, 9.17) is 0 Å². The van der Waals surface area contributed by atoms with Gasteiger partial charge in [0.1, 0.15) is 13.1 Å². The summed E-state index contributed by atoms with van der Waals surface area (Å²) in [5.41, 5.74) is 0. The first-order valence-corrected chi connectivity index (χ1v) is 4.61. The molecule has 0 fully saturated rings. The Labute approximate surface area is 74.3 Å². The molecule has 0 atom stereocenters. The second-order valence-corrected chi connectivity index (χ2v) is 3.49. The van der Waals surface area contributed by atoms with E-state index in [0.29, 0.717) is 0 Å². The predicted octanol–water partition coefficient (Wildman–Crippen LogP) is 2.03. The first kappa shape index (κ1) is 10.4. The fraction of sp³-hybridized carbons (Fsp3) is 0.857. The molecule has 0 aromatic heterocycles. The third-order valence-corrected chi connectivity index (χ3v) is 1.84. The average molecular weight is 178 g/mol. The molecule has 0 saturated heterocycles. The van der Waals surface area contributed by atoms with Gasteiger partial charge in [-0.05, 0) is 0 Å². The predicted molar refractivity (Wildman–Crippen MR) is 53.6 cm³/mol. The van der Waals surface area contributed by atoms with Crippen molar-refractivity contribution >= 4 is 29.6 Å². The van der Waals surface area contributed by atoms with Crippen LogP contribution in [-0.2, 0) is 0 Å². The third-order valence-electron chi connectivity index (χ3n) is 1.27. The molecule has 0 aromatic rings. The zero-order valence-corrected chi connectivity index (χ0v) is 8.46. The van der Waals surface area contributed by atoms with Gasteiger partial charge in [-0.1, -0.05) is 39.1 Å². The molecule has 0 rings (SSSR count). The molecule has 3 heteroatoms. The maximum Gasteiger partial charge on any atom is 0.263 e. The van der Waals surface area contributed by atoms with Crippen molar-refractivity contribution in [2.75, 3.05) is 13.1 Å². The number of hydrogen-bond donors (Lipinski definition) is 2.